The van der Waals surface area contributed by atoms with E-state index in [-0.39, 0.29) is 10.6 Å². The third-order valence-electron chi connectivity index (χ3n) is 1.50. The van der Waals surface area contributed by atoms with Crippen LogP contribution in [0.5, 0.6) is 0 Å². The van der Waals surface area contributed by atoms with Crippen LogP contribution < -0.4 is 0 Å². The van der Waals surface area contributed by atoms with Crippen molar-refractivity contribution in [2.75, 3.05) is 0 Å². The Hall–Kier alpha value is -0.840. The van der Waals surface area contributed by atoms with Gasteiger partial charge in [-0.1, -0.05) is 11.6 Å². The average molecular weight is 191 g/mol. The molecular weight excluding hydrogens is 184 g/mol. The highest BCUT2D eigenvalue weighted by molar-refractivity contribution is 6.30. The first-order valence-corrected chi connectivity index (χ1v) is 3.58. The van der Waals surface area contributed by atoms with E-state index in [1.165, 1.54) is 0 Å². The van der Waals surface area contributed by atoms with Crippen molar-refractivity contribution in [1.82, 2.24) is 0 Å². The Morgan fingerprint density at radius 3 is 2.50 bits per heavy atom. The molecule has 0 radical (unpaired) electrons. The molecule has 0 unspecified atom stereocenters. The summed E-state index contributed by atoms with van der Waals surface area (Å²) in [6.07, 6.45) is -0.302. The first kappa shape index (κ1) is 9.25. The molecule has 1 aliphatic rings. The van der Waals surface area contributed by atoms with Crippen LogP contribution in [-0.2, 0) is 4.79 Å². The molecule has 0 spiro atoms. The molecule has 12 heavy (non-hydrogen) atoms. The molecule has 0 aromatic carbocycles. The molecule has 0 aromatic rings. The topological polar surface area (TPSA) is 77.8 Å². The number of aliphatic hydroxyl groups excluding tert-OH is 2. The molecule has 0 heterocycles. The number of hydrogen-bond donors (Lipinski definition) is 3. The molecule has 0 aromatic heterocycles. The molecule has 0 saturated heterocycles. The normalized spacial score (nSPS) is 29.2. The van der Waals surface area contributed by atoms with Crippen LogP contribution in [0.4, 0.5) is 0 Å². The lowest BCUT2D eigenvalue weighted by Crippen LogP contribution is -2.28. The van der Waals surface area contributed by atoms with Gasteiger partial charge in [-0.05, 0) is 12.2 Å². The standard InChI is InChI=1S/C7H7ClO4/c8-4-1-3(7(11)12)2-5(9)6(4)10/h1-2,5-6,9-10H,(H,11,12)/t5-,6+/m0/s1. The van der Waals surface area contributed by atoms with Crippen LogP contribution in [0.25, 0.3) is 0 Å². The zero-order valence-corrected chi connectivity index (χ0v) is 6.69. The van der Waals surface area contributed by atoms with Crippen molar-refractivity contribution in [3.8, 4) is 0 Å². The molecule has 2 atom stereocenters. The van der Waals surface area contributed by atoms with Gasteiger partial charge in [0.1, 0.15) is 12.2 Å². The van der Waals surface area contributed by atoms with Crippen molar-refractivity contribution < 1.29 is 20.1 Å². The Bertz CT molecular complexity index is 269. The minimum Gasteiger partial charge on any atom is -0.478 e. The van der Waals surface area contributed by atoms with Crippen molar-refractivity contribution in [1.29, 1.82) is 0 Å². The quantitative estimate of drug-likeness (QED) is 0.538. The number of aliphatic hydroxyl groups is 2. The molecule has 1 rings (SSSR count). The third kappa shape index (κ3) is 1.66. The predicted octanol–water partition coefficient (Wildman–Crippen LogP) is -0.145. The van der Waals surface area contributed by atoms with E-state index in [0.29, 0.717) is 0 Å². The smallest absolute Gasteiger partial charge is 0.335 e. The molecule has 4 nitrogen and oxygen atoms in total. The lowest BCUT2D eigenvalue weighted by molar-refractivity contribution is -0.132. The Labute approximate surface area is 73.4 Å². The molecule has 0 bridgehead atoms. The zero-order chi connectivity index (χ0) is 9.30. The number of hydrogen-bond acceptors (Lipinski definition) is 3. The van der Waals surface area contributed by atoms with Gasteiger partial charge < -0.3 is 15.3 Å². The minimum atomic E-state index is -1.24. The average Bonchev–Trinajstić information content (AvgIpc) is 1.99. The fraction of sp³-hybridized carbons (Fsp3) is 0.286. The number of carboxylic acid groups (broad SMARTS) is 1. The van der Waals surface area contributed by atoms with Crippen LogP contribution >= 0.6 is 11.6 Å². The van der Waals surface area contributed by atoms with Crippen LogP contribution in [0.2, 0.25) is 0 Å². The lowest BCUT2D eigenvalue weighted by atomic mass is 10.0. The van der Waals surface area contributed by atoms with E-state index in [9.17, 15) is 4.79 Å². The highest BCUT2D eigenvalue weighted by atomic mass is 35.5. The van der Waals surface area contributed by atoms with Crippen LogP contribution in [0, 0.1) is 0 Å². The van der Waals surface area contributed by atoms with E-state index in [0.717, 1.165) is 12.2 Å². The van der Waals surface area contributed by atoms with Crippen molar-refractivity contribution in [3.63, 3.8) is 0 Å². The van der Waals surface area contributed by atoms with Gasteiger partial charge >= 0.3 is 5.97 Å². The summed E-state index contributed by atoms with van der Waals surface area (Å²) in [7, 11) is 0. The van der Waals surface area contributed by atoms with Crippen molar-refractivity contribution in [2.24, 2.45) is 0 Å². The van der Waals surface area contributed by atoms with E-state index < -0.39 is 18.2 Å². The Balaban J connectivity index is 2.95. The first-order valence-electron chi connectivity index (χ1n) is 3.20. The third-order valence-corrected chi connectivity index (χ3v) is 1.83. The summed E-state index contributed by atoms with van der Waals surface area (Å²) in [5.41, 5.74) is -0.113. The van der Waals surface area contributed by atoms with E-state index >= 15 is 0 Å². The van der Waals surface area contributed by atoms with Crippen molar-refractivity contribution in [3.05, 3.63) is 22.8 Å². The fourth-order valence-electron chi connectivity index (χ4n) is 0.853. The second-order valence-corrected chi connectivity index (χ2v) is 2.83. The van der Waals surface area contributed by atoms with Crippen molar-refractivity contribution in [2.45, 2.75) is 12.2 Å². The Kier molecular flexibility index (Phi) is 2.52. The van der Waals surface area contributed by atoms with E-state index in [2.05, 4.69) is 0 Å². The van der Waals surface area contributed by atoms with Gasteiger partial charge in [0.15, 0.2) is 0 Å². The second-order valence-electron chi connectivity index (χ2n) is 2.39. The van der Waals surface area contributed by atoms with E-state index in [1.807, 2.05) is 0 Å². The largest absolute Gasteiger partial charge is 0.478 e. The van der Waals surface area contributed by atoms with Gasteiger partial charge in [-0.25, -0.2) is 4.79 Å². The molecule has 5 heteroatoms. The van der Waals surface area contributed by atoms with E-state index in [4.69, 9.17) is 26.9 Å². The maximum atomic E-state index is 10.4. The molecule has 1 aliphatic carbocycles. The molecular formula is C7H7ClO4. The number of aliphatic carboxylic acids is 1. The summed E-state index contributed by atoms with van der Waals surface area (Å²) < 4.78 is 0. The maximum absolute atomic E-state index is 10.4. The number of carbonyl (C=O) groups is 1. The summed E-state index contributed by atoms with van der Waals surface area (Å²) >= 11 is 5.45. The first-order chi connectivity index (χ1) is 5.52. The van der Waals surface area contributed by atoms with E-state index in [1.54, 1.807) is 0 Å². The van der Waals surface area contributed by atoms with Gasteiger partial charge in [0.05, 0.1) is 10.6 Å². The molecule has 0 fully saturated rings. The molecule has 66 valence electrons. The predicted molar refractivity (Wildman–Crippen MR) is 41.7 cm³/mol. The Morgan fingerprint density at radius 2 is 2.08 bits per heavy atom. The van der Waals surface area contributed by atoms with Gasteiger partial charge in [0.2, 0.25) is 0 Å². The summed E-state index contributed by atoms with van der Waals surface area (Å²) in [6.45, 7) is 0. The Morgan fingerprint density at radius 1 is 1.50 bits per heavy atom. The summed E-state index contributed by atoms with van der Waals surface area (Å²) in [5, 5.41) is 26.5. The van der Waals surface area contributed by atoms with Gasteiger partial charge in [-0.15, -0.1) is 0 Å². The number of carboxylic acids is 1. The van der Waals surface area contributed by atoms with Crippen LogP contribution in [0.1, 0.15) is 0 Å². The number of halogens is 1. The zero-order valence-electron chi connectivity index (χ0n) is 5.94. The van der Waals surface area contributed by atoms with Crippen molar-refractivity contribution >= 4 is 17.6 Å². The SMILES string of the molecule is O=C(O)C1=C[C@H](O)[C@H](O)C(Cl)=C1. The van der Waals surface area contributed by atoms with Gasteiger partial charge in [-0.2, -0.15) is 0 Å². The minimum absolute atomic E-state index is 0.0672. The lowest BCUT2D eigenvalue weighted by Gasteiger charge is -2.18. The molecule has 0 aliphatic heterocycles. The van der Waals surface area contributed by atoms with Gasteiger partial charge in [0.25, 0.3) is 0 Å². The van der Waals surface area contributed by atoms with Crippen LogP contribution in [0.3, 0.4) is 0 Å². The monoisotopic (exact) mass is 190 g/mol. The van der Waals surface area contributed by atoms with Gasteiger partial charge in [-0.3, -0.25) is 0 Å². The molecule has 0 amide bonds. The summed E-state index contributed by atoms with van der Waals surface area (Å²) in [4.78, 5) is 10.4. The summed E-state index contributed by atoms with van der Waals surface area (Å²) in [5.74, 6) is -1.18. The maximum Gasteiger partial charge on any atom is 0.335 e. The van der Waals surface area contributed by atoms with Crippen LogP contribution in [0.15, 0.2) is 22.8 Å². The van der Waals surface area contributed by atoms with Crippen LogP contribution in [-0.4, -0.2) is 33.5 Å². The molecule has 0 saturated carbocycles. The van der Waals surface area contributed by atoms with Gasteiger partial charge in [0, 0.05) is 0 Å². The summed E-state index contributed by atoms with van der Waals surface area (Å²) in [6, 6.07) is 0. The second kappa shape index (κ2) is 3.26. The highest BCUT2D eigenvalue weighted by Crippen LogP contribution is 2.21. The molecule has 3 N–H and O–H groups in total. The fourth-order valence-corrected chi connectivity index (χ4v) is 1.10. The highest BCUT2D eigenvalue weighted by Gasteiger charge is 2.24. The number of rotatable bonds is 1.